The van der Waals surface area contributed by atoms with Crippen LogP contribution in [0.3, 0.4) is 0 Å². The average molecular weight is 351 g/mol. The summed E-state index contributed by atoms with van der Waals surface area (Å²) >= 11 is 1.55. The monoisotopic (exact) mass is 351 g/mol. The second-order valence-corrected chi connectivity index (χ2v) is 6.77. The number of anilines is 1. The van der Waals surface area contributed by atoms with Crippen molar-refractivity contribution in [1.82, 2.24) is 9.97 Å². The molecule has 0 bridgehead atoms. The largest absolute Gasteiger partial charge is 0.497 e. The maximum atomic E-state index is 12.1. The first-order chi connectivity index (χ1) is 12.3. The summed E-state index contributed by atoms with van der Waals surface area (Å²) in [5.74, 6) is 0.954. The van der Waals surface area contributed by atoms with Crippen molar-refractivity contribution in [1.29, 1.82) is 0 Å². The third-order valence-electron chi connectivity index (χ3n) is 4.23. The van der Waals surface area contributed by atoms with Crippen molar-refractivity contribution >= 4 is 22.4 Å². The van der Waals surface area contributed by atoms with Crippen molar-refractivity contribution in [3.63, 3.8) is 0 Å². The molecule has 3 heterocycles. The Kier molecular flexibility index (Phi) is 4.19. The van der Waals surface area contributed by atoms with Crippen molar-refractivity contribution in [3.05, 3.63) is 48.8 Å². The minimum Gasteiger partial charge on any atom is -0.497 e. The van der Waals surface area contributed by atoms with Crippen LogP contribution in [0, 0.1) is 0 Å². The smallest absolute Gasteiger partial charge is 0.228 e. The van der Waals surface area contributed by atoms with Gasteiger partial charge in [-0.15, -0.1) is 0 Å². The molecule has 1 aliphatic rings. The first kappa shape index (κ1) is 15.8. The lowest BCUT2D eigenvalue weighted by atomic mass is 10.1. The van der Waals surface area contributed by atoms with E-state index in [1.807, 2.05) is 36.4 Å². The molecule has 2 aromatic heterocycles. The van der Waals surface area contributed by atoms with Crippen LogP contribution in [0.25, 0.3) is 21.7 Å². The molecule has 4 rings (SSSR count). The molecule has 1 fully saturated rings. The van der Waals surface area contributed by atoms with Crippen molar-refractivity contribution in [2.45, 2.75) is 12.8 Å². The normalized spacial score (nSPS) is 14.1. The highest BCUT2D eigenvalue weighted by molar-refractivity contribution is 7.19. The standard InChI is InChI=1S/C19H17N3O2S/c1-24-15-6-4-13(5-7-15)17-18(14-8-10-20-11-9-14)25-19(21-17)22-12-2-3-16(22)23/h4-11H,2-3,12H2,1H3. The lowest BCUT2D eigenvalue weighted by Gasteiger charge is -2.10. The zero-order valence-electron chi connectivity index (χ0n) is 13.8. The van der Waals surface area contributed by atoms with Crippen LogP contribution in [0.4, 0.5) is 5.13 Å². The van der Waals surface area contributed by atoms with Gasteiger partial charge in [0.1, 0.15) is 5.75 Å². The second kappa shape index (κ2) is 6.64. The Morgan fingerprint density at radius 3 is 2.48 bits per heavy atom. The van der Waals surface area contributed by atoms with Crippen LogP contribution in [0.2, 0.25) is 0 Å². The fraction of sp³-hybridized carbons (Fsp3) is 0.211. The Morgan fingerprint density at radius 1 is 1.08 bits per heavy atom. The second-order valence-electron chi connectivity index (χ2n) is 5.79. The Labute approximate surface area is 149 Å². The molecular weight excluding hydrogens is 334 g/mol. The van der Waals surface area contributed by atoms with Gasteiger partial charge in [-0.1, -0.05) is 11.3 Å². The summed E-state index contributed by atoms with van der Waals surface area (Å²) in [4.78, 5) is 23.9. The molecule has 6 heteroatoms. The van der Waals surface area contributed by atoms with Crippen LogP contribution in [0.5, 0.6) is 5.75 Å². The summed E-state index contributed by atoms with van der Waals surface area (Å²) in [6, 6.07) is 11.8. The molecular formula is C19H17N3O2S. The number of ether oxygens (including phenoxy) is 1. The van der Waals surface area contributed by atoms with Gasteiger partial charge in [-0.3, -0.25) is 14.7 Å². The summed E-state index contributed by atoms with van der Waals surface area (Å²) in [6.07, 6.45) is 5.03. The molecule has 0 saturated carbocycles. The van der Waals surface area contributed by atoms with Crippen LogP contribution >= 0.6 is 11.3 Å². The highest BCUT2D eigenvalue weighted by atomic mass is 32.1. The van der Waals surface area contributed by atoms with Crippen molar-refractivity contribution in [2.75, 3.05) is 18.6 Å². The molecule has 3 aromatic rings. The third-order valence-corrected chi connectivity index (χ3v) is 5.35. The molecule has 0 radical (unpaired) electrons. The van der Waals surface area contributed by atoms with Gasteiger partial charge in [-0.05, 0) is 48.4 Å². The van der Waals surface area contributed by atoms with Crippen LogP contribution in [-0.2, 0) is 4.79 Å². The first-order valence-corrected chi connectivity index (χ1v) is 8.94. The van der Waals surface area contributed by atoms with Gasteiger partial charge in [0.05, 0.1) is 17.7 Å². The topological polar surface area (TPSA) is 55.3 Å². The molecule has 0 atom stereocenters. The zero-order chi connectivity index (χ0) is 17.2. The number of hydrogen-bond acceptors (Lipinski definition) is 5. The van der Waals surface area contributed by atoms with E-state index in [4.69, 9.17) is 9.72 Å². The van der Waals surface area contributed by atoms with Gasteiger partial charge in [0.15, 0.2) is 5.13 Å². The number of benzene rings is 1. The number of hydrogen-bond donors (Lipinski definition) is 0. The maximum absolute atomic E-state index is 12.1. The van der Waals surface area contributed by atoms with E-state index in [0.717, 1.165) is 45.5 Å². The zero-order valence-corrected chi connectivity index (χ0v) is 14.6. The summed E-state index contributed by atoms with van der Waals surface area (Å²) in [5, 5.41) is 0.764. The van der Waals surface area contributed by atoms with Gasteiger partial charge < -0.3 is 4.74 Å². The molecule has 0 unspecified atom stereocenters. The molecule has 5 nitrogen and oxygen atoms in total. The van der Waals surface area contributed by atoms with Crippen LogP contribution in [0.15, 0.2) is 48.8 Å². The Hall–Kier alpha value is -2.73. The average Bonchev–Trinajstić information content (AvgIpc) is 3.28. The summed E-state index contributed by atoms with van der Waals surface area (Å²) in [5.41, 5.74) is 2.94. The predicted molar refractivity (Wildman–Crippen MR) is 98.9 cm³/mol. The Morgan fingerprint density at radius 2 is 1.84 bits per heavy atom. The van der Waals surface area contributed by atoms with Crippen LogP contribution in [-0.4, -0.2) is 29.5 Å². The minimum absolute atomic E-state index is 0.149. The number of aromatic nitrogens is 2. The lowest BCUT2D eigenvalue weighted by Crippen LogP contribution is -2.23. The van der Waals surface area contributed by atoms with Crippen molar-refractivity contribution in [2.24, 2.45) is 0 Å². The fourth-order valence-electron chi connectivity index (χ4n) is 2.92. The van der Waals surface area contributed by atoms with Crippen molar-refractivity contribution in [3.8, 4) is 27.4 Å². The highest BCUT2D eigenvalue weighted by Gasteiger charge is 2.26. The van der Waals surface area contributed by atoms with E-state index in [-0.39, 0.29) is 5.91 Å². The van der Waals surface area contributed by atoms with Gasteiger partial charge in [0.25, 0.3) is 0 Å². The van der Waals surface area contributed by atoms with Gasteiger partial charge >= 0.3 is 0 Å². The van der Waals surface area contributed by atoms with Crippen LogP contribution < -0.4 is 9.64 Å². The fourth-order valence-corrected chi connectivity index (χ4v) is 4.06. The number of carbonyl (C=O) groups is 1. The van der Waals surface area contributed by atoms with E-state index in [9.17, 15) is 4.79 Å². The highest BCUT2D eigenvalue weighted by Crippen LogP contribution is 2.41. The minimum atomic E-state index is 0.149. The molecule has 1 amide bonds. The number of carbonyl (C=O) groups excluding carboxylic acids is 1. The Bertz CT molecular complexity index is 891. The summed E-state index contributed by atoms with van der Waals surface area (Å²) in [7, 11) is 1.65. The van der Waals surface area contributed by atoms with E-state index in [2.05, 4.69) is 4.98 Å². The van der Waals surface area contributed by atoms with Gasteiger partial charge in [0.2, 0.25) is 5.91 Å². The number of amides is 1. The molecule has 1 aliphatic heterocycles. The Balaban J connectivity index is 1.82. The number of methoxy groups -OCH3 is 1. The van der Waals surface area contributed by atoms with Crippen molar-refractivity contribution < 1.29 is 9.53 Å². The van der Waals surface area contributed by atoms with Gasteiger partial charge in [-0.2, -0.15) is 0 Å². The van der Waals surface area contributed by atoms with E-state index in [0.29, 0.717) is 6.42 Å². The molecule has 1 aromatic carbocycles. The van der Waals surface area contributed by atoms with E-state index < -0.39 is 0 Å². The predicted octanol–water partition coefficient (Wildman–Crippen LogP) is 4.01. The third kappa shape index (κ3) is 3.00. The van der Waals surface area contributed by atoms with Crippen LogP contribution in [0.1, 0.15) is 12.8 Å². The number of pyridine rings is 1. The molecule has 0 spiro atoms. The van der Waals surface area contributed by atoms with E-state index in [1.54, 1.807) is 35.7 Å². The number of rotatable bonds is 4. The SMILES string of the molecule is COc1ccc(-c2nc(N3CCCC3=O)sc2-c2ccncc2)cc1. The molecule has 0 aliphatic carbocycles. The molecule has 126 valence electrons. The number of nitrogens with zero attached hydrogens (tertiary/aromatic N) is 3. The summed E-state index contributed by atoms with van der Waals surface area (Å²) < 4.78 is 5.24. The first-order valence-electron chi connectivity index (χ1n) is 8.12. The maximum Gasteiger partial charge on any atom is 0.228 e. The summed E-state index contributed by atoms with van der Waals surface area (Å²) in [6.45, 7) is 0.740. The van der Waals surface area contributed by atoms with E-state index in [1.165, 1.54) is 0 Å². The molecule has 25 heavy (non-hydrogen) atoms. The van der Waals surface area contributed by atoms with Gasteiger partial charge in [-0.25, -0.2) is 4.98 Å². The molecule has 0 N–H and O–H groups in total. The quantitative estimate of drug-likeness (QED) is 0.713. The number of thiazole rings is 1. The molecule has 1 saturated heterocycles. The van der Waals surface area contributed by atoms with Gasteiger partial charge in [0, 0.05) is 30.9 Å². The lowest BCUT2D eigenvalue weighted by molar-refractivity contribution is -0.117. The van der Waals surface area contributed by atoms with E-state index >= 15 is 0 Å².